The van der Waals surface area contributed by atoms with Crippen LogP contribution in [-0.2, 0) is 9.53 Å². The van der Waals surface area contributed by atoms with E-state index in [4.69, 9.17) is 22.8 Å². The van der Waals surface area contributed by atoms with Gasteiger partial charge in [0.25, 0.3) is 0 Å². The molecule has 1 unspecified atom stereocenters. The van der Waals surface area contributed by atoms with Crippen molar-refractivity contribution in [3.63, 3.8) is 0 Å². The Hall–Kier alpha value is -0.720. The first-order chi connectivity index (χ1) is 6.77. The quantitative estimate of drug-likeness (QED) is 0.515. The molecule has 1 heterocycles. The molecule has 1 amide bonds. The number of ether oxygens (including phenoxy) is 1. The van der Waals surface area contributed by atoms with Crippen LogP contribution in [0.3, 0.4) is 0 Å². The van der Waals surface area contributed by atoms with E-state index in [9.17, 15) is 4.79 Å². The minimum atomic E-state index is -0.125. The number of alkyl halides is 1. The third-order valence-electron chi connectivity index (χ3n) is 2.20. The first-order valence-corrected chi connectivity index (χ1v) is 5.20. The summed E-state index contributed by atoms with van der Waals surface area (Å²) < 4.78 is 5.42. The molecule has 78 valence electrons. The Kier molecular flexibility index (Phi) is 4.78. The molecule has 0 N–H and O–H groups in total. The Balaban J connectivity index is 2.42. The van der Waals surface area contributed by atoms with Gasteiger partial charge in [0.2, 0.25) is 5.91 Å². The molecule has 1 aliphatic rings. The maximum atomic E-state index is 11.3. The van der Waals surface area contributed by atoms with E-state index in [1.54, 1.807) is 4.90 Å². The van der Waals surface area contributed by atoms with Crippen LogP contribution in [-0.4, -0.2) is 42.5 Å². The standard InChI is InChI=1S/C10H14ClNO2/c1-2-5-12(10(13)7-11)8-9-4-3-6-14-9/h1,9H,3-8H2. The monoisotopic (exact) mass is 215 g/mol. The largest absolute Gasteiger partial charge is 0.376 e. The number of halogens is 1. The van der Waals surface area contributed by atoms with E-state index in [1.165, 1.54) is 0 Å². The Labute approximate surface area is 89.4 Å². The van der Waals surface area contributed by atoms with Gasteiger partial charge in [-0.1, -0.05) is 5.92 Å². The summed E-state index contributed by atoms with van der Waals surface area (Å²) >= 11 is 5.47. The fraction of sp³-hybridized carbons (Fsp3) is 0.700. The van der Waals surface area contributed by atoms with E-state index < -0.39 is 0 Å². The highest BCUT2D eigenvalue weighted by molar-refractivity contribution is 6.27. The van der Waals surface area contributed by atoms with E-state index in [-0.39, 0.29) is 17.9 Å². The minimum Gasteiger partial charge on any atom is -0.376 e. The van der Waals surface area contributed by atoms with Crippen LogP contribution in [0.25, 0.3) is 0 Å². The van der Waals surface area contributed by atoms with Gasteiger partial charge in [-0.25, -0.2) is 0 Å². The van der Waals surface area contributed by atoms with Gasteiger partial charge in [-0.15, -0.1) is 18.0 Å². The molecule has 0 spiro atoms. The number of carbonyl (C=O) groups is 1. The summed E-state index contributed by atoms with van der Waals surface area (Å²) in [5, 5.41) is 0. The molecule has 0 radical (unpaired) electrons. The minimum absolute atomic E-state index is 0.0194. The summed E-state index contributed by atoms with van der Waals surface area (Å²) in [7, 11) is 0. The highest BCUT2D eigenvalue weighted by Crippen LogP contribution is 2.13. The summed E-state index contributed by atoms with van der Waals surface area (Å²) in [6.45, 7) is 1.66. The zero-order valence-electron chi connectivity index (χ0n) is 8.04. The van der Waals surface area contributed by atoms with Crippen molar-refractivity contribution in [3.05, 3.63) is 0 Å². The first kappa shape index (κ1) is 11.4. The Morgan fingerprint density at radius 2 is 2.50 bits per heavy atom. The number of hydrogen-bond donors (Lipinski definition) is 0. The average Bonchev–Trinajstić information content (AvgIpc) is 2.68. The SMILES string of the molecule is C#CCN(CC1CCCO1)C(=O)CCl. The summed E-state index contributed by atoms with van der Waals surface area (Å²) in [6.07, 6.45) is 7.36. The number of amides is 1. The fourth-order valence-electron chi connectivity index (χ4n) is 1.48. The van der Waals surface area contributed by atoms with Crippen molar-refractivity contribution >= 4 is 17.5 Å². The first-order valence-electron chi connectivity index (χ1n) is 4.66. The zero-order chi connectivity index (χ0) is 10.4. The van der Waals surface area contributed by atoms with E-state index in [0.29, 0.717) is 13.1 Å². The van der Waals surface area contributed by atoms with Crippen molar-refractivity contribution in [2.75, 3.05) is 25.6 Å². The number of rotatable bonds is 4. The summed E-state index contributed by atoms with van der Waals surface area (Å²) in [5.74, 6) is 2.30. The number of terminal acetylenes is 1. The maximum absolute atomic E-state index is 11.3. The van der Waals surface area contributed by atoms with Gasteiger partial charge in [0.15, 0.2) is 0 Å². The maximum Gasteiger partial charge on any atom is 0.238 e. The van der Waals surface area contributed by atoms with Crippen LogP contribution in [0.15, 0.2) is 0 Å². The van der Waals surface area contributed by atoms with Crippen molar-refractivity contribution in [2.45, 2.75) is 18.9 Å². The Morgan fingerprint density at radius 1 is 1.71 bits per heavy atom. The number of hydrogen-bond acceptors (Lipinski definition) is 2. The molecule has 1 saturated heterocycles. The second-order valence-electron chi connectivity index (χ2n) is 3.25. The van der Waals surface area contributed by atoms with Gasteiger partial charge in [-0.2, -0.15) is 0 Å². The molecule has 4 heteroatoms. The van der Waals surface area contributed by atoms with Crippen LogP contribution in [0.1, 0.15) is 12.8 Å². The summed E-state index contributed by atoms with van der Waals surface area (Å²) in [5.41, 5.74) is 0. The molecule has 0 aromatic carbocycles. The second-order valence-corrected chi connectivity index (χ2v) is 3.51. The van der Waals surface area contributed by atoms with E-state index in [1.807, 2.05) is 0 Å². The lowest BCUT2D eigenvalue weighted by atomic mass is 10.2. The van der Waals surface area contributed by atoms with Crippen molar-refractivity contribution in [1.29, 1.82) is 0 Å². The smallest absolute Gasteiger partial charge is 0.238 e. The molecule has 1 fully saturated rings. The fourth-order valence-corrected chi connectivity index (χ4v) is 1.65. The molecule has 0 bridgehead atoms. The van der Waals surface area contributed by atoms with Gasteiger partial charge < -0.3 is 9.64 Å². The lowest BCUT2D eigenvalue weighted by Crippen LogP contribution is -2.38. The van der Waals surface area contributed by atoms with Crippen molar-refractivity contribution in [2.24, 2.45) is 0 Å². The third-order valence-corrected chi connectivity index (χ3v) is 2.43. The van der Waals surface area contributed by atoms with Gasteiger partial charge in [0, 0.05) is 13.2 Å². The van der Waals surface area contributed by atoms with Crippen LogP contribution in [0.2, 0.25) is 0 Å². The molecule has 1 aliphatic heterocycles. The molecule has 0 saturated carbocycles. The number of carbonyl (C=O) groups excluding carboxylic acids is 1. The highest BCUT2D eigenvalue weighted by Gasteiger charge is 2.21. The van der Waals surface area contributed by atoms with Gasteiger partial charge in [-0.3, -0.25) is 4.79 Å². The lowest BCUT2D eigenvalue weighted by molar-refractivity contribution is -0.129. The third kappa shape index (κ3) is 3.21. The van der Waals surface area contributed by atoms with Crippen molar-refractivity contribution in [1.82, 2.24) is 4.90 Å². The molecular weight excluding hydrogens is 202 g/mol. The molecule has 1 rings (SSSR count). The second kappa shape index (κ2) is 5.90. The van der Waals surface area contributed by atoms with Crippen LogP contribution in [0, 0.1) is 12.3 Å². The number of nitrogens with zero attached hydrogens (tertiary/aromatic N) is 1. The highest BCUT2D eigenvalue weighted by atomic mass is 35.5. The molecular formula is C10H14ClNO2. The molecule has 3 nitrogen and oxygen atoms in total. The zero-order valence-corrected chi connectivity index (χ0v) is 8.79. The normalized spacial score (nSPS) is 20.4. The Bertz CT molecular complexity index is 231. The van der Waals surface area contributed by atoms with E-state index in [0.717, 1.165) is 19.4 Å². The lowest BCUT2D eigenvalue weighted by Gasteiger charge is -2.22. The van der Waals surface area contributed by atoms with E-state index >= 15 is 0 Å². The summed E-state index contributed by atoms with van der Waals surface area (Å²) in [4.78, 5) is 12.9. The predicted octanol–water partition coefficient (Wildman–Crippen LogP) is 0.866. The van der Waals surface area contributed by atoms with Crippen LogP contribution in [0.5, 0.6) is 0 Å². The van der Waals surface area contributed by atoms with E-state index in [2.05, 4.69) is 5.92 Å². The molecule has 0 aromatic heterocycles. The molecule has 1 atom stereocenters. The predicted molar refractivity (Wildman–Crippen MR) is 55.1 cm³/mol. The van der Waals surface area contributed by atoms with Gasteiger partial charge >= 0.3 is 0 Å². The van der Waals surface area contributed by atoms with Gasteiger partial charge in [0.1, 0.15) is 5.88 Å². The average molecular weight is 216 g/mol. The van der Waals surface area contributed by atoms with Crippen molar-refractivity contribution < 1.29 is 9.53 Å². The molecule has 0 aromatic rings. The summed E-state index contributed by atoms with van der Waals surface area (Å²) in [6, 6.07) is 0. The van der Waals surface area contributed by atoms with Crippen LogP contribution in [0.4, 0.5) is 0 Å². The van der Waals surface area contributed by atoms with Gasteiger partial charge in [0.05, 0.1) is 12.6 Å². The topological polar surface area (TPSA) is 29.5 Å². The Morgan fingerprint density at radius 3 is 3.00 bits per heavy atom. The van der Waals surface area contributed by atoms with Crippen molar-refractivity contribution in [3.8, 4) is 12.3 Å². The molecule has 14 heavy (non-hydrogen) atoms. The van der Waals surface area contributed by atoms with Crippen LogP contribution >= 0.6 is 11.6 Å². The van der Waals surface area contributed by atoms with Gasteiger partial charge in [-0.05, 0) is 12.8 Å². The van der Waals surface area contributed by atoms with Crippen LogP contribution < -0.4 is 0 Å². The molecule has 0 aliphatic carbocycles.